The van der Waals surface area contributed by atoms with Crippen LogP contribution in [0, 0.1) is 22.6 Å². The number of hydrogen-bond acceptors (Lipinski definition) is 2. The number of nitrogens with one attached hydrogen (secondary N) is 1. The zero-order chi connectivity index (χ0) is 13.6. The van der Waals surface area contributed by atoms with Crippen molar-refractivity contribution >= 4 is 5.69 Å². The van der Waals surface area contributed by atoms with Crippen molar-refractivity contribution in [1.29, 1.82) is 0 Å². The fraction of sp³-hybridized carbons (Fsp3) is 0.600. The van der Waals surface area contributed by atoms with E-state index in [9.17, 15) is 4.39 Å². The summed E-state index contributed by atoms with van der Waals surface area (Å²) < 4.78 is 13.3. The normalized spacial score (nSPS) is 20.9. The molecule has 1 aromatic rings. The van der Waals surface area contributed by atoms with Gasteiger partial charge in [-0.05, 0) is 41.0 Å². The van der Waals surface area contributed by atoms with Gasteiger partial charge in [-0.3, -0.25) is 0 Å². The molecular weight excluding hydrogens is 227 g/mol. The van der Waals surface area contributed by atoms with E-state index in [1.165, 1.54) is 6.07 Å². The summed E-state index contributed by atoms with van der Waals surface area (Å²) in [6.45, 7) is 10.9. The van der Waals surface area contributed by atoms with Crippen LogP contribution in [0.5, 0.6) is 0 Å². The van der Waals surface area contributed by atoms with Crippen molar-refractivity contribution in [3.8, 4) is 0 Å². The Kier molecular flexibility index (Phi) is 3.14. The Balaban J connectivity index is 1.85. The minimum absolute atomic E-state index is 0.211. The molecule has 0 unspecified atom stereocenters. The Labute approximate surface area is 109 Å². The third-order valence-corrected chi connectivity index (χ3v) is 5.06. The van der Waals surface area contributed by atoms with E-state index in [0.29, 0.717) is 23.3 Å². The van der Waals surface area contributed by atoms with E-state index in [1.54, 1.807) is 6.07 Å². The quantitative estimate of drug-likeness (QED) is 0.805. The molecule has 2 nitrogen and oxygen atoms in total. The van der Waals surface area contributed by atoms with Crippen molar-refractivity contribution in [1.82, 2.24) is 5.32 Å². The van der Waals surface area contributed by atoms with Crippen LogP contribution >= 0.6 is 0 Å². The van der Waals surface area contributed by atoms with Gasteiger partial charge >= 0.3 is 0 Å². The first-order valence-corrected chi connectivity index (χ1v) is 6.51. The lowest BCUT2D eigenvalue weighted by molar-refractivity contribution is 0.457. The first kappa shape index (κ1) is 13.3. The number of hydrogen-bond donors (Lipinski definition) is 2. The molecule has 0 radical (unpaired) electrons. The highest BCUT2D eigenvalue weighted by molar-refractivity contribution is 5.41. The Bertz CT molecular complexity index is 438. The second-order valence-electron chi connectivity index (χ2n) is 6.48. The lowest BCUT2D eigenvalue weighted by atomic mass is 10.0. The number of nitrogen functional groups attached to an aromatic ring is 1. The van der Waals surface area contributed by atoms with E-state index in [-0.39, 0.29) is 11.5 Å². The number of halogens is 1. The third kappa shape index (κ3) is 2.12. The number of anilines is 1. The molecule has 3 heteroatoms. The van der Waals surface area contributed by atoms with Crippen LogP contribution in [0.3, 0.4) is 0 Å². The molecule has 1 fully saturated rings. The van der Waals surface area contributed by atoms with Gasteiger partial charge in [-0.15, -0.1) is 0 Å². The number of rotatable bonds is 4. The SMILES string of the molecule is CC1(C)C(CNCc2ccc(N)c(F)c2)C1(C)C. The molecule has 0 amide bonds. The molecule has 0 saturated heterocycles. The molecule has 0 heterocycles. The van der Waals surface area contributed by atoms with Crippen LogP contribution in [-0.4, -0.2) is 6.54 Å². The summed E-state index contributed by atoms with van der Waals surface area (Å²) >= 11 is 0. The molecule has 1 aliphatic carbocycles. The Hall–Kier alpha value is -1.09. The fourth-order valence-electron chi connectivity index (χ4n) is 2.88. The number of benzene rings is 1. The molecule has 2 rings (SSSR count). The molecule has 0 atom stereocenters. The monoisotopic (exact) mass is 250 g/mol. The van der Waals surface area contributed by atoms with Crippen LogP contribution in [-0.2, 0) is 6.54 Å². The van der Waals surface area contributed by atoms with Crippen molar-refractivity contribution in [2.24, 2.45) is 16.7 Å². The van der Waals surface area contributed by atoms with Crippen LogP contribution in [0.25, 0.3) is 0 Å². The van der Waals surface area contributed by atoms with E-state index in [0.717, 1.165) is 12.1 Å². The Morgan fingerprint density at radius 2 is 1.83 bits per heavy atom. The van der Waals surface area contributed by atoms with Gasteiger partial charge in [-0.1, -0.05) is 33.8 Å². The van der Waals surface area contributed by atoms with Gasteiger partial charge in [0.05, 0.1) is 5.69 Å². The number of nitrogens with two attached hydrogens (primary N) is 1. The second-order valence-corrected chi connectivity index (χ2v) is 6.48. The molecule has 1 saturated carbocycles. The average molecular weight is 250 g/mol. The largest absolute Gasteiger partial charge is 0.396 e. The minimum atomic E-state index is -0.332. The molecule has 3 N–H and O–H groups in total. The van der Waals surface area contributed by atoms with Crippen LogP contribution in [0.2, 0.25) is 0 Å². The van der Waals surface area contributed by atoms with Crippen molar-refractivity contribution in [3.05, 3.63) is 29.6 Å². The van der Waals surface area contributed by atoms with E-state index in [2.05, 4.69) is 33.0 Å². The van der Waals surface area contributed by atoms with E-state index in [1.807, 2.05) is 6.07 Å². The van der Waals surface area contributed by atoms with Gasteiger partial charge in [0.15, 0.2) is 0 Å². The molecular formula is C15H23FN2. The molecule has 100 valence electrons. The van der Waals surface area contributed by atoms with Crippen molar-refractivity contribution < 1.29 is 4.39 Å². The van der Waals surface area contributed by atoms with Gasteiger partial charge in [0, 0.05) is 6.54 Å². The summed E-state index contributed by atoms with van der Waals surface area (Å²) in [7, 11) is 0. The summed E-state index contributed by atoms with van der Waals surface area (Å²) in [5.74, 6) is 0.352. The zero-order valence-corrected chi connectivity index (χ0v) is 11.7. The van der Waals surface area contributed by atoms with Crippen LogP contribution in [0.15, 0.2) is 18.2 Å². The summed E-state index contributed by atoms with van der Waals surface area (Å²) in [5, 5.41) is 3.41. The second kappa shape index (κ2) is 4.23. The van der Waals surface area contributed by atoms with Gasteiger partial charge in [0.1, 0.15) is 5.82 Å². The fourth-order valence-corrected chi connectivity index (χ4v) is 2.88. The standard InChI is InChI=1S/C15H23FN2/c1-14(2)13(15(14,3)4)9-18-8-10-5-6-12(17)11(16)7-10/h5-7,13,18H,8-9,17H2,1-4H3. The van der Waals surface area contributed by atoms with Gasteiger partial charge in [-0.2, -0.15) is 0 Å². The maximum absolute atomic E-state index is 13.3. The molecule has 0 aromatic heterocycles. The summed E-state index contributed by atoms with van der Waals surface area (Å²) in [4.78, 5) is 0. The lowest BCUT2D eigenvalue weighted by Gasteiger charge is -2.07. The van der Waals surface area contributed by atoms with Crippen molar-refractivity contribution in [2.75, 3.05) is 12.3 Å². The molecule has 0 aliphatic heterocycles. The maximum atomic E-state index is 13.3. The Morgan fingerprint density at radius 3 is 2.33 bits per heavy atom. The minimum Gasteiger partial charge on any atom is -0.396 e. The van der Waals surface area contributed by atoms with Gasteiger partial charge in [0.25, 0.3) is 0 Å². The van der Waals surface area contributed by atoms with E-state index >= 15 is 0 Å². The maximum Gasteiger partial charge on any atom is 0.146 e. The first-order valence-electron chi connectivity index (χ1n) is 6.51. The topological polar surface area (TPSA) is 38.0 Å². The van der Waals surface area contributed by atoms with E-state index < -0.39 is 0 Å². The van der Waals surface area contributed by atoms with Crippen LogP contribution in [0.1, 0.15) is 33.3 Å². The molecule has 18 heavy (non-hydrogen) atoms. The zero-order valence-electron chi connectivity index (χ0n) is 11.7. The highest BCUT2D eigenvalue weighted by atomic mass is 19.1. The van der Waals surface area contributed by atoms with Gasteiger partial charge in [0.2, 0.25) is 0 Å². The predicted molar refractivity (Wildman–Crippen MR) is 73.6 cm³/mol. The van der Waals surface area contributed by atoms with Crippen molar-refractivity contribution in [3.63, 3.8) is 0 Å². The molecule has 1 aliphatic rings. The van der Waals surface area contributed by atoms with Gasteiger partial charge < -0.3 is 11.1 Å². The van der Waals surface area contributed by atoms with E-state index in [4.69, 9.17) is 5.73 Å². The first-order chi connectivity index (χ1) is 8.26. The lowest BCUT2D eigenvalue weighted by Crippen LogP contribution is -2.19. The summed E-state index contributed by atoms with van der Waals surface area (Å²) in [6, 6.07) is 5.00. The Morgan fingerprint density at radius 1 is 1.22 bits per heavy atom. The summed E-state index contributed by atoms with van der Waals surface area (Å²) in [5.41, 5.74) is 7.40. The molecule has 0 spiro atoms. The summed E-state index contributed by atoms with van der Waals surface area (Å²) in [6.07, 6.45) is 0. The predicted octanol–water partition coefficient (Wildman–Crippen LogP) is 3.18. The smallest absolute Gasteiger partial charge is 0.146 e. The highest BCUT2D eigenvalue weighted by Crippen LogP contribution is 2.67. The third-order valence-electron chi connectivity index (χ3n) is 5.06. The van der Waals surface area contributed by atoms with Crippen LogP contribution < -0.4 is 11.1 Å². The average Bonchev–Trinajstić information content (AvgIpc) is 2.65. The molecule has 0 bridgehead atoms. The van der Waals surface area contributed by atoms with Gasteiger partial charge in [-0.25, -0.2) is 4.39 Å². The highest BCUT2D eigenvalue weighted by Gasteiger charge is 2.63. The molecule has 1 aromatic carbocycles. The van der Waals surface area contributed by atoms with Crippen LogP contribution in [0.4, 0.5) is 10.1 Å². The van der Waals surface area contributed by atoms with Crippen molar-refractivity contribution in [2.45, 2.75) is 34.2 Å².